The van der Waals surface area contributed by atoms with Gasteiger partial charge in [0, 0.05) is 40.8 Å². The normalized spacial score (nSPS) is 22.9. The van der Waals surface area contributed by atoms with Crippen LogP contribution in [0.4, 0.5) is 0 Å². The number of hydrogen-bond donors (Lipinski definition) is 1. The lowest BCUT2D eigenvalue weighted by atomic mass is 9.68. The van der Waals surface area contributed by atoms with Gasteiger partial charge in [0.05, 0.1) is 28.4 Å². The van der Waals surface area contributed by atoms with Crippen LogP contribution in [0.5, 0.6) is 23.0 Å². The molecule has 0 spiro atoms. The summed E-state index contributed by atoms with van der Waals surface area (Å²) in [6.07, 6.45) is 4.48. The lowest BCUT2D eigenvalue weighted by Gasteiger charge is -2.40. The maximum absolute atomic E-state index is 14.1. The number of methoxy groups -OCH3 is 4. The van der Waals surface area contributed by atoms with E-state index in [0.717, 1.165) is 42.7 Å². The highest BCUT2D eigenvalue weighted by Crippen LogP contribution is 2.53. The average Bonchev–Trinajstić information content (AvgIpc) is 3.48. The van der Waals surface area contributed by atoms with Gasteiger partial charge < -0.3 is 29.0 Å². The van der Waals surface area contributed by atoms with Gasteiger partial charge in [-0.15, -0.1) is 0 Å². The molecule has 1 saturated carbocycles. The van der Waals surface area contributed by atoms with E-state index in [0.29, 0.717) is 40.5 Å². The van der Waals surface area contributed by atoms with E-state index in [-0.39, 0.29) is 24.2 Å². The summed E-state index contributed by atoms with van der Waals surface area (Å²) in [5, 5.41) is 3.36. The van der Waals surface area contributed by atoms with Crippen LogP contribution in [-0.4, -0.2) is 46.3 Å². The van der Waals surface area contributed by atoms with Crippen LogP contribution in [0, 0.1) is 5.92 Å². The second-order valence-electron chi connectivity index (χ2n) is 10.5. The van der Waals surface area contributed by atoms with Gasteiger partial charge in [0.25, 0.3) is 0 Å². The maximum atomic E-state index is 14.1. The molecule has 1 N–H and O–H groups in total. The SMILES string of the molecule is C=C1NC2=C(C(=O)CC(c3ccccc3OC)C2)C(c2ccc(OC)c(OC)c2OC)C1C(=O)OC1CCCC1. The predicted octanol–water partition coefficient (Wildman–Crippen LogP) is 5.42. The van der Waals surface area contributed by atoms with Gasteiger partial charge in [-0.1, -0.05) is 30.8 Å². The third-order valence-electron chi connectivity index (χ3n) is 8.33. The molecule has 212 valence electrons. The van der Waals surface area contributed by atoms with Gasteiger partial charge in [-0.3, -0.25) is 9.59 Å². The summed E-state index contributed by atoms with van der Waals surface area (Å²) in [6, 6.07) is 11.4. The van der Waals surface area contributed by atoms with Gasteiger partial charge in [-0.25, -0.2) is 0 Å². The van der Waals surface area contributed by atoms with Gasteiger partial charge in [0.1, 0.15) is 17.8 Å². The number of ketones is 1. The van der Waals surface area contributed by atoms with Crippen LogP contribution in [0.3, 0.4) is 0 Å². The molecule has 40 heavy (non-hydrogen) atoms. The van der Waals surface area contributed by atoms with Crippen molar-refractivity contribution in [2.75, 3.05) is 28.4 Å². The zero-order valence-electron chi connectivity index (χ0n) is 23.6. The number of carbonyl (C=O) groups excluding carboxylic acids is 2. The lowest BCUT2D eigenvalue weighted by Crippen LogP contribution is -2.42. The number of para-hydroxylation sites is 1. The van der Waals surface area contributed by atoms with E-state index in [2.05, 4.69) is 11.9 Å². The number of benzene rings is 2. The molecule has 5 rings (SSSR count). The second-order valence-corrected chi connectivity index (χ2v) is 10.5. The van der Waals surface area contributed by atoms with Crippen LogP contribution in [0.15, 0.2) is 59.9 Å². The van der Waals surface area contributed by atoms with Crippen LogP contribution >= 0.6 is 0 Å². The monoisotopic (exact) mass is 547 g/mol. The molecule has 2 aliphatic carbocycles. The Hall–Kier alpha value is -3.94. The van der Waals surface area contributed by atoms with Crippen molar-refractivity contribution in [2.45, 2.75) is 56.5 Å². The summed E-state index contributed by atoms with van der Waals surface area (Å²) < 4.78 is 28.6. The zero-order chi connectivity index (χ0) is 28.4. The van der Waals surface area contributed by atoms with Crippen LogP contribution in [0.1, 0.15) is 61.5 Å². The Balaban J connectivity index is 1.64. The van der Waals surface area contributed by atoms with E-state index in [9.17, 15) is 9.59 Å². The molecule has 1 aliphatic heterocycles. The third kappa shape index (κ3) is 4.91. The van der Waals surface area contributed by atoms with Gasteiger partial charge in [-0.2, -0.15) is 0 Å². The fourth-order valence-corrected chi connectivity index (χ4v) is 6.50. The summed E-state index contributed by atoms with van der Waals surface area (Å²) in [5.74, 6) is 0.0272. The molecule has 2 aromatic carbocycles. The van der Waals surface area contributed by atoms with Crippen LogP contribution < -0.4 is 24.3 Å². The van der Waals surface area contributed by atoms with Crippen LogP contribution in [0.2, 0.25) is 0 Å². The molecule has 8 nitrogen and oxygen atoms in total. The van der Waals surface area contributed by atoms with E-state index < -0.39 is 17.8 Å². The summed E-state index contributed by atoms with van der Waals surface area (Å²) in [6.45, 7) is 4.27. The molecule has 0 amide bonds. The molecule has 8 heteroatoms. The fraction of sp³-hybridized carbons (Fsp3) is 0.438. The first kappa shape index (κ1) is 27.6. The highest BCUT2D eigenvalue weighted by atomic mass is 16.5. The zero-order valence-corrected chi connectivity index (χ0v) is 23.6. The molecule has 1 fully saturated rings. The molecular formula is C32H37NO7. The number of carbonyl (C=O) groups is 2. The first-order valence-electron chi connectivity index (χ1n) is 13.8. The summed E-state index contributed by atoms with van der Waals surface area (Å²) in [4.78, 5) is 27.9. The first-order valence-corrected chi connectivity index (χ1v) is 13.8. The minimum Gasteiger partial charge on any atom is -0.496 e. The summed E-state index contributed by atoms with van der Waals surface area (Å²) in [5.41, 5.74) is 3.42. The van der Waals surface area contributed by atoms with Crippen molar-refractivity contribution < 1.29 is 33.3 Å². The minimum absolute atomic E-state index is 0.0438. The van der Waals surface area contributed by atoms with Crippen molar-refractivity contribution in [3.8, 4) is 23.0 Å². The Morgan fingerprint density at radius 1 is 0.850 bits per heavy atom. The predicted molar refractivity (Wildman–Crippen MR) is 150 cm³/mol. The number of esters is 1. The van der Waals surface area contributed by atoms with Crippen molar-refractivity contribution in [1.82, 2.24) is 5.32 Å². The van der Waals surface area contributed by atoms with Crippen molar-refractivity contribution in [3.63, 3.8) is 0 Å². The number of allylic oxidation sites excluding steroid dienone is 2. The van der Waals surface area contributed by atoms with Gasteiger partial charge in [0.2, 0.25) is 5.75 Å². The van der Waals surface area contributed by atoms with Crippen LogP contribution in [-0.2, 0) is 14.3 Å². The highest BCUT2D eigenvalue weighted by Gasteiger charge is 2.47. The average molecular weight is 548 g/mol. The topological polar surface area (TPSA) is 92.3 Å². The summed E-state index contributed by atoms with van der Waals surface area (Å²) >= 11 is 0. The molecule has 0 radical (unpaired) electrons. The Labute approximate surface area is 235 Å². The van der Waals surface area contributed by atoms with Crippen molar-refractivity contribution in [1.29, 1.82) is 0 Å². The van der Waals surface area contributed by atoms with E-state index in [1.165, 1.54) is 14.2 Å². The molecule has 3 atom stereocenters. The largest absolute Gasteiger partial charge is 0.496 e. The Morgan fingerprint density at radius 3 is 2.23 bits per heavy atom. The van der Waals surface area contributed by atoms with E-state index >= 15 is 0 Å². The quantitative estimate of drug-likeness (QED) is 0.438. The second kappa shape index (κ2) is 11.7. The number of nitrogens with one attached hydrogen (secondary N) is 1. The molecular weight excluding hydrogens is 510 g/mol. The van der Waals surface area contributed by atoms with Crippen molar-refractivity contribution >= 4 is 11.8 Å². The molecule has 0 saturated heterocycles. The van der Waals surface area contributed by atoms with Gasteiger partial charge in [0.15, 0.2) is 17.3 Å². The molecule has 2 aromatic rings. The Morgan fingerprint density at radius 2 is 1.55 bits per heavy atom. The van der Waals surface area contributed by atoms with Gasteiger partial charge in [-0.05, 0) is 49.8 Å². The van der Waals surface area contributed by atoms with E-state index in [4.69, 9.17) is 23.7 Å². The smallest absolute Gasteiger partial charge is 0.316 e. The molecule has 3 unspecified atom stereocenters. The maximum Gasteiger partial charge on any atom is 0.316 e. The standard InChI is InChI=1S/C32H37NO7/c1-18-27(32(35)40-20-10-6-7-11-20)28(22-14-15-26(37-3)31(39-5)30(22)38-4)29-23(33-18)16-19(17-24(29)34)21-12-8-9-13-25(21)36-2/h8-9,12-15,19-20,27-28,33H,1,6-7,10-11,16-17H2,2-5H3. The Kier molecular flexibility index (Phi) is 8.05. The highest BCUT2D eigenvalue weighted by molar-refractivity contribution is 6.01. The first-order chi connectivity index (χ1) is 19.4. The van der Waals surface area contributed by atoms with Crippen molar-refractivity contribution in [2.24, 2.45) is 5.92 Å². The van der Waals surface area contributed by atoms with Crippen molar-refractivity contribution in [3.05, 3.63) is 71.1 Å². The molecule has 0 aromatic heterocycles. The minimum atomic E-state index is -0.821. The third-order valence-corrected chi connectivity index (χ3v) is 8.33. The number of Topliss-reactive ketones (excluding diaryl/α,β-unsaturated/α-hetero) is 1. The number of rotatable bonds is 8. The van der Waals surface area contributed by atoms with Gasteiger partial charge >= 0.3 is 5.97 Å². The molecule has 1 heterocycles. The fourth-order valence-electron chi connectivity index (χ4n) is 6.50. The van der Waals surface area contributed by atoms with Crippen LogP contribution in [0.25, 0.3) is 0 Å². The lowest BCUT2D eigenvalue weighted by molar-refractivity contribution is -0.153. The Bertz CT molecular complexity index is 1340. The summed E-state index contributed by atoms with van der Waals surface area (Å²) in [7, 11) is 6.26. The molecule has 3 aliphatic rings. The van der Waals surface area contributed by atoms with E-state index in [1.807, 2.05) is 30.3 Å². The number of ether oxygens (including phenoxy) is 5. The number of hydrogen-bond acceptors (Lipinski definition) is 8. The molecule has 0 bridgehead atoms. The van der Waals surface area contributed by atoms with E-state index in [1.54, 1.807) is 20.3 Å².